The Morgan fingerprint density at radius 1 is 1.11 bits per heavy atom. The Balaban J connectivity index is 1.49. The van der Waals surface area contributed by atoms with Crippen molar-refractivity contribution >= 4 is 0 Å². The Labute approximate surface area is 114 Å². The molecule has 1 N–H and O–H groups in total. The van der Waals surface area contributed by atoms with Crippen LogP contribution in [0.25, 0.3) is 0 Å². The van der Waals surface area contributed by atoms with Crippen molar-refractivity contribution < 1.29 is 0 Å². The van der Waals surface area contributed by atoms with Crippen molar-refractivity contribution in [2.24, 2.45) is 17.8 Å². The van der Waals surface area contributed by atoms with E-state index in [1.165, 1.54) is 58.2 Å². The van der Waals surface area contributed by atoms with Crippen molar-refractivity contribution in [2.75, 3.05) is 33.2 Å². The fraction of sp³-hybridized carbons (Fsp3) is 1.00. The summed E-state index contributed by atoms with van der Waals surface area (Å²) in [5.74, 6) is 3.23. The molecule has 106 valence electrons. The third-order valence-electron chi connectivity index (χ3n) is 5.07. The minimum atomic E-state index is 1.04. The number of hydrogen-bond donors (Lipinski definition) is 1. The van der Waals surface area contributed by atoms with Gasteiger partial charge in [-0.25, -0.2) is 0 Å². The van der Waals surface area contributed by atoms with Crippen molar-refractivity contribution in [2.45, 2.75) is 51.9 Å². The lowest BCUT2D eigenvalue weighted by molar-refractivity contribution is 0.217. The van der Waals surface area contributed by atoms with Gasteiger partial charge in [0.1, 0.15) is 0 Å². The second kappa shape index (κ2) is 7.49. The highest BCUT2D eigenvalue weighted by Gasteiger charge is 2.39. The average Bonchev–Trinajstić information content (AvgIpc) is 2.95. The standard InChI is InChI=1S/C16H32N2/c1-3-17-9-5-4-6-10-18(2)13-16-12-14-7-8-15(16)11-14/h14-17H,3-13H2,1-2H3. The maximum absolute atomic E-state index is 3.40. The van der Waals surface area contributed by atoms with E-state index in [1.807, 2.05) is 0 Å². The summed E-state index contributed by atoms with van der Waals surface area (Å²) in [5.41, 5.74) is 0. The predicted molar refractivity (Wildman–Crippen MR) is 78.8 cm³/mol. The smallest absolute Gasteiger partial charge is 0.000936 e. The van der Waals surface area contributed by atoms with Crippen LogP contribution in [0.15, 0.2) is 0 Å². The van der Waals surface area contributed by atoms with Crippen molar-refractivity contribution in [3.63, 3.8) is 0 Å². The van der Waals surface area contributed by atoms with Crippen molar-refractivity contribution in [1.29, 1.82) is 0 Å². The Morgan fingerprint density at radius 3 is 2.67 bits per heavy atom. The number of nitrogens with zero attached hydrogens (tertiary/aromatic N) is 1. The van der Waals surface area contributed by atoms with E-state index in [0.29, 0.717) is 0 Å². The van der Waals surface area contributed by atoms with Crippen LogP contribution < -0.4 is 5.32 Å². The lowest BCUT2D eigenvalue weighted by Gasteiger charge is -2.27. The first-order chi connectivity index (χ1) is 8.79. The summed E-state index contributed by atoms with van der Waals surface area (Å²) in [6, 6.07) is 0. The van der Waals surface area contributed by atoms with E-state index in [-0.39, 0.29) is 0 Å². The molecule has 2 nitrogen and oxygen atoms in total. The lowest BCUT2D eigenvalue weighted by Crippen LogP contribution is -2.29. The lowest BCUT2D eigenvalue weighted by atomic mass is 9.88. The number of nitrogens with one attached hydrogen (secondary N) is 1. The number of unbranched alkanes of at least 4 members (excludes halogenated alkanes) is 2. The molecule has 18 heavy (non-hydrogen) atoms. The highest BCUT2D eigenvalue weighted by atomic mass is 15.1. The summed E-state index contributed by atoms with van der Waals surface area (Å²) in [6.07, 6.45) is 10.3. The SMILES string of the molecule is CCNCCCCCN(C)CC1CC2CCC1C2. The molecule has 0 aromatic rings. The van der Waals surface area contributed by atoms with E-state index in [2.05, 4.69) is 24.2 Å². The van der Waals surface area contributed by atoms with Gasteiger partial charge in [-0.3, -0.25) is 0 Å². The topological polar surface area (TPSA) is 15.3 Å². The molecular weight excluding hydrogens is 220 g/mol. The number of hydrogen-bond acceptors (Lipinski definition) is 2. The highest BCUT2D eigenvalue weighted by molar-refractivity contribution is 4.90. The monoisotopic (exact) mass is 252 g/mol. The molecule has 2 saturated carbocycles. The molecule has 0 spiro atoms. The molecule has 2 aliphatic rings. The number of rotatable bonds is 9. The minimum absolute atomic E-state index is 1.04. The van der Waals surface area contributed by atoms with Crippen LogP contribution in [-0.4, -0.2) is 38.1 Å². The summed E-state index contributed by atoms with van der Waals surface area (Å²) in [7, 11) is 2.33. The van der Waals surface area contributed by atoms with Gasteiger partial charge >= 0.3 is 0 Å². The summed E-state index contributed by atoms with van der Waals surface area (Å²) in [6.45, 7) is 7.17. The zero-order chi connectivity index (χ0) is 12.8. The molecule has 3 unspecified atom stereocenters. The Kier molecular flexibility index (Phi) is 5.97. The zero-order valence-electron chi connectivity index (χ0n) is 12.5. The second-order valence-corrected chi connectivity index (χ2v) is 6.61. The molecule has 0 aromatic heterocycles. The van der Waals surface area contributed by atoms with Gasteiger partial charge in [0.05, 0.1) is 0 Å². The maximum Gasteiger partial charge on any atom is 0.000936 e. The van der Waals surface area contributed by atoms with E-state index >= 15 is 0 Å². The fourth-order valence-electron chi connectivity index (χ4n) is 4.08. The molecule has 2 bridgehead atoms. The Morgan fingerprint density at radius 2 is 2.00 bits per heavy atom. The van der Waals surface area contributed by atoms with Crippen LogP contribution in [0, 0.1) is 17.8 Å². The van der Waals surface area contributed by atoms with Crippen LogP contribution in [0.4, 0.5) is 0 Å². The van der Waals surface area contributed by atoms with E-state index in [0.717, 1.165) is 24.3 Å². The summed E-state index contributed by atoms with van der Waals surface area (Å²) in [5, 5.41) is 3.40. The van der Waals surface area contributed by atoms with Crippen LogP contribution in [0.1, 0.15) is 51.9 Å². The maximum atomic E-state index is 3.40. The molecule has 0 heterocycles. The minimum Gasteiger partial charge on any atom is -0.317 e. The Hall–Kier alpha value is -0.0800. The van der Waals surface area contributed by atoms with Crippen molar-refractivity contribution in [3.05, 3.63) is 0 Å². The normalized spacial score (nSPS) is 30.5. The van der Waals surface area contributed by atoms with Gasteiger partial charge in [0, 0.05) is 6.54 Å². The molecule has 0 saturated heterocycles. The molecule has 0 aromatic carbocycles. The van der Waals surface area contributed by atoms with Crippen LogP contribution in [0.2, 0.25) is 0 Å². The Bertz CT molecular complexity index is 229. The summed E-state index contributed by atoms with van der Waals surface area (Å²) >= 11 is 0. The van der Waals surface area contributed by atoms with Crippen LogP contribution >= 0.6 is 0 Å². The molecular formula is C16H32N2. The molecule has 3 atom stereocenters. The highest BCUT2D eigenvalue weighted by Crippen LogP contribution is 2.48. The third kappa shape index (κ3) is 4.24. The van der Waals surface area contributed by atoms with Crippen LogP contribution in [-0.2, 0) is 0 Å². The molecule has 0 aliphatic heterocycles. The van der Waals surface area contributed by atoms with Gasteiger partial charge in [-0.05, 0) is 76.5 Å². The third-order valence-corrected chi connectivity index (χ3v) is 5.07. The summed E-state index contributed by atoms with van der Waals surface area (Å²) in [4.78, 5) is 2.60. The van der Waals surface area contributed by atoms with Gasteiger partial charge in [-0.2, -0.15) is 0 Å². The first-order valence-corrected chi connectivity index (χ1v) is 8.18. The van der Waals surface area contributed by atoms with E-state index < -0.39 is 0 Å². The van der Waals surface area contributed by atoms with Crippen molar-refractivity contribution in [1.82, 2.24) is 10.2 Å². The van der Waals surface area contributed by atoms with Crippen LogP contribution in [0.3, 0.4) is 0 Å². The summed E-state index contributed by atoms with van der Waals surface area (Å²) < 4.78 is 0. The van der Waals surface area contributed by atoms with Gasteiger partial charge in [0.2, 0.25) is 0 Å². The van der Waals surface area contributed by atoms with E-state index in [4.69, 9.17) is 0 Å². The molecule has 0 radical (unpaired) electrons. The van der Waals surface area contributed by atoms with E-state index in [9.17, 15) is 0 Å². The first-order valence-electron chi connectivity index (χ1n) is 8.18. The fourth-order valence-corrected chi connectivity index (χ4v) is 4.08. The average molecular weight is 252 g/mol. The van der Waals surface area contributed by atoms with Gasteiger partial charge < -0.3 is 10.2 Å². The largest absolute Gasteiger partial charge is 0.317 e. The molecule has 2 fully saturated rings. The molecule has 2 aliphatic carbocycles. The molecule has 2 rings (SSSR count). The first kappa shape index (κ1) is 14.3. The van der Waals surface area contributed by atoms with Crippen LogP contribution in [0.5, 0.6) is 0 Å². The predicted octanol–water partition coefficient (Wildman–Crippen LogP) is 3.13. The zero-order valence-corrected chi connectivity index (χ0v) is 12.5. The van der Waals surface area contributed by atoms with Gasteiger partial charge in [0.15, 0.2) is 0 Å². The van der Waals surface area contributed by atoms with Crippen molar-refractivity contribution in [3.8, 4) is 0 Å². The van der Waals surface area contributed by atoms with Gasteiger partial charge in [-0.1, -0.05) is 19.8 Å². The van der Waals surface area contributed by atoms with Gasteiger partial charge in [-0.15, -0.1) is 0 Å². The number of fused-ring (bicyclic) bond motifs is 2. The van der Waals surface area contributed by atoms with Gasteiger partial charge in [0.25, 0.3) is 0 Å². The molecule has 0 amide bonds. The molecule has 2 heteroatoms. The second-order valence-electron chi connectivity index (χ2n) is 6.61. The van der Waals surface area contributed by atoms with E-state index in [1.54, 1.807) is 6.42 Å². The quantitative estimate of drug-likeness (QED) is 0.634.